The molecule has 0 saturated heterocycles. The Kier molecular flexibility index (Phi) is 6.34. The van der Waals surface area contributed by atoms with Gasteiger partial charge < -0.3 is 20.3 Å². The van der Waals surface area contributed by atoms with Gasteiger partial charge in [0.15, 0.2) is 0 Å². The van der Waals surface area contributed by atoms with Crippen molar-refractivity contribution in [3.05, 3.63) is 59.2 Å². The first kappa shape index (κ1) is 22.3. The molecular weight excluding hydrogens is 398 g/mol. The van der Waals surface area contributed by atoms with Crippen molar-refractivity contribution < 1.29 is 29.3 Å². The number of hydrogen-bond donors (Lipinski definition) is 3. The van der Waals surface area contributed by atoms with Crippen LogP contribution in [0.2, 0.25) is 0 Å². The molecule has 2 atom stereocenters. The number of fused-ring (bicyclic) bond motifs is 3. The Labute approximate surface area is 181 Å². The number of carboxylic acids is 2. The maximum Gasteiger partial charge on any atom is 0.407 e. The number of rotatable bonds is 7. The van der Waals surface area contributed by atoms with Crippen LogP contribution in [0.1, 0.15) is 56.2 Å². The molecule has 3 N–H and O–H groups in total. The Bertz CT molecular complexity index is 1010. The van der Waals surface area contributed by atoms with E-state index >= 15 is 0 Å². The predicted molar refractivity (Wildman–Crippen MR) is 115 cm³/mol. The van der Waals surface area contributed by atoms with Gasteiger partial charge in [0, 0.05) is 12.3 Å². The van der Waals surface area contributed by atoms with Crippen molar-refractivity contribution in [1.29, 1.82) is 0 Å². The summed E-state index contributed by atoms with van der Waals surface area (Å²) in [5.41, 5.74) is 5.44. The Hall–Kier alpha value is -3.35. The summed E-state index contributed by atoms with van der Waals surface area (Å²) >= 11 is 0. The molecule has 0 heterocycles. The van der Waals surface area contributed by atoms with Crippen molar-refractivity contribution in [2.45, 2.75) is 51.0 Å². The van der Waals surface area contributed by atoms with Crippen LogP contribution in [0.3, 0.4) is 0 Å². The molecule has 31 heavy (non-hydrogen) atoms. The van der Waals surface area contributed by atoms with Crippen LogP contribution in [-0.4, -0.2) is 40.9 Å². The molecule has 0 spiro atoms. The zero-order valence-electron chi connectivity index (χ0n) is 17.8. The van der Waals surface area contributed by atoms with Crippen LogP contribution in [0.5, 0.6) is 0 Å². The highest BCUT2D eigenvalue weighted by Gasteiger charge is 2.34. The Morgan fingerprint density at radius 2 is 1.71 bits per heavy atom. The number of ether oxygens (including phenoxy) is 1. The summed E-state index contributed by atoms with van der Waals surface area (Å²) < 4.78 is 5.43. The zero-order chi connectivity index (χ0) is 22.8. The lowest BCUT2D eigenvalue weighted by atomic mass is 9.80. The molecule has 1 amide bonds. The summed E-state index contributed by atoms with van der Waals surface area (Å²) in [5, 5.41) is 20.3. The lowest BCUT2D eigenvalue weighted by Gasteiger charge is -2.26. The van der Waals surface area contributed by atoms with Gasteiger partial charge in [-0.3, -0.25) is 4.79 Å². The molecule has 1 aliphatic rings. The molecule has 3 rings (SSSR count). The van der Waals surface area contributed by atoms with E-state index in [1.807, 2.05) is 30.3 Å². The highest BCUT2D eigenvalue weighted by Crippen LogP contribution is 2.48. The molecule has 164 valence electrons. The molecule has 0 radical (unpaired) electrons. The molecule has 2 aromatic rings. The fraction of sp³-hybridized carbons (Fsp3) is 0.375. The number of amides is 1. The lowest BCUT2D eigenvalue weighted by molar-refractivity contribution is -0.140. The van der Waals surface area contributed by atoms with Gasteiger partial charge in [0.2, 0.25) is 0 Å². The summed E-state index contributed by atoms with van der Waals surface area (Å²) in [5.74, 6) is -2.60. The quantitative estimate of drug-likeness (QED) is 0.614. The molecule has 0 saturated carbocycles. The number of benzene rings is 2. The van der Waals surface area contributed by atoms with Crippen LogP contribution >= 0.6 is 0 Å². The topological polar surface area (TPSA) is 113 Å². The summed E-state index contributed by atoms with van der Waals surface area (Å²) in [6.45, 7) is 6.45. The second kappa shape index (κ2) is 8.79. The van der Waals surface area contributed by atoms with E-state index in [2.05, 4.69) is 38.2 Å². The number of carbonyl (C=O) groups is 3. The van der Waals surface area contributed by atoms with Gasteiger partial charge in [-0.1, -0.05) is 63.2 Å². The van der Waals surface area contributed by atoms with Gasteiger partial charge in [0.1, 0.15) is 12.6 Å². The summed E-state index contributed by atoms with van der Waals surface area (Å²) in [6.07, 6.45) is -1.46. The predicted octanol–water partition coefficient (Wildman–Crippen LogP) is 4.14. The van der Waals surface area contributed by atoms with E-state index in [-0.39, 0.29) is 30.8 Å². The SMILES string of the molecule is CC(C)(C)c1cccc2c1C(COC(=O)N[C@H](CCC(=O)O)C(=O)O)c1ccccc1-2. The van der Waals surface area contributed by atoms with Gasteiger partial charge in [0.05, 0.1) is 0 Å². The van der Waals surface area contributed by atoms with Gasteiger partial charge in [0.25, 0.3) is 0 Å². The van der Waals surface area contributed by atoms with Gasteiger partial charge in [-0.15, -0.1) is 0 Å². The summed E-state index contributed by atoms with van der Waals surface area (Å²) in [4.78, 5) is 34.4. The normalized spacial score (nSPS) is 15.5. The first-order valence-corrected chi connectivity index (χ1v) is 10.2. The minimum absolute atomic E-state index is 0.0498. The standard InChI is InChI=1S/C24H27NO6/c1-24(2,3)18-10-6-9-16-14-7-4-5-8-15(14)17(21(16)18)13-31-23(30)25-19(22(28)29)11-12-20(26)27/h4-10,17,19H,11-13H2,1-3H3,(H,25,30)(H,26,27)(H,28,29)/t17?,19-/m1/s1. The second-order valence-electron chi connectivity index (χ2n) is 8.72. The third-order valence-electron chi connectivity index (χ3n) is 5.51. The molecule has 0 fully saturated rings. The van der Waals surface area contributed by atoms with E-state index in [9.17, 15) is 19.5 Å². The average molecular weight is 425 g/mol. The van der Waals surface area contributed by atoms with E-state index < -0.39 is 24.1 Å². The smallest absolute Gasteiger partial charge is 0.407 e. The number of alkyl carbamates (subject to hydrolysis) is 1. The average Bonchev–Trinajstić information content (AvgIpc) is 3.02. The maximum atomic E-state index is 12.3. The van der Waals surface area contributed by atoms with Gasteiger partial charge >= 0.3 is 18.0 Å². The van der Waals surface area contributed by atoms with Crippen molar-refractivity contribution in [3.8, 4) is 11.1 Å². The van der Waals surface area contributed by atoms with Gasteiger partial charge in [-0.2, -0.15) is 0 Å². The fourth-order valence-electron chi connectivity index (χ4n) is 4.07. The number of carbonyl (C=O) groups excluding carboxylic acids is 1. The Morgan fingerprint density at radius 3 is 2.35 bits per heavy atom. The monoisotopic (exact) mass is 425 g/mol. The first-order valence-electron chi connectivity index (χ1n) is 10.2. The lowest BCUT2D eigenvalue weighted by Crippen LogP contribution is -2.41. The highest BCUT2D eigenvalue weighted by molar-refractivity contribution is 5.82. The number of hydrogen-bond acceptors (Lipinski definition) is 4. The number of carboxylic acid groups (broad SMARTS) is 2. The van der Waals surface area contributed by atoms with Crippen LogP contribution in [0, 0.1) is 0 Å². The second-order valence-corrected chi connectivity index (χ2v) is 8.72. The first-order chi connectivity index (χ1) is 14.6. The van der Waals surface area contributed by atoms with E-state index in [0.717, 1.165) is 22.3 Å². The molecule has 0 aromatic heterocycles. The molecule has 2 aromatic carbocycles. The largest absolute Gasteiger partial charge is 0.481 e. The van der Waals surface area contributed by atoms with Crippen LogP contribution < -0.4 is 5.32 Å². The zero-order valence-corrected chi connectivity index (χ0v) is 17.8. The minimum Gasteiger partial charge on any atom is -0.481 e. The van der Waals surface area contributed by atoms with E-state index in [1.165, 1.54) is 5.56 Å². The number of aliphatic carboxylic acids is 2. The van der Waals surface area contributed by atoms with E-state index in [4.69, 9.17) is 9.84 Å². The van der Waals surface area contributed by atoms with Gasteiger partial charge in [-0.05, 0) is 39.7 Å². The van der Waals surface area contributed by atoms with E-state index in [1.54, 1.807) is 0 Å². The number of nitrogens with one attached hydrogen (secondary N) is 1. The fourth-order valence-corrected chi connectivity index (χ4v) is 4.07. The minimum atomic E-state index is -1.32. The maximum absolute atomic E-state index is 12.3. The van der Waals surface area contributed by atoms with Crippen LogP contribution in [0.15, 0.2) is 42.5 Å². The van der Waals surface area contributed by atoms with Crippen LogP contribution in [0.25, 0.3) is 11.1 Å². The Balaban J connectivity index is 1.82. The summed E-state index contributed by atoms with van der Waals surface area (Å²) in [6, 6.07) is 12.8. The molecule has 1 aliphatic carbocycles. The van der Waals surface area contributed by atoms with Crippen LogP contribution in [-0.2, 0) is 19.7 Å². The molecule has 0 bridgehead atoms. The van der Waals surface area contributed by atoms with Crippen LogP contribution in [0.4, 0.5) is 4.79 Å². The van der Waals surface area contributed by atoms with Crippen molar-refractivity contribution >= 4 is 18.0 Å². The van der Waals surface area contributed by atoms with Crippen molar-refractivity contribution in [1.82, 2.24) is 5.32 Å². The molecule has 7 nitrogen and oxygen atoms in total. The highest BCUT2D eigenvalue weighted by atomic mass is 16.5. The van der Waals surface area contributed by atoms with Crippen molar-refractivity contribution in [3.63, 3.8) is 0 Å². The van der Waals surface area contributed by atoms with Gasteiger partial charge in [-0.25, -0.2) is 9.59 Å². The third kappa shape index (κ3) is 4.87. The molecule has 0 aliphatic heterocycles. The summed E-state index contributed by atoms with van der Waals surface area (Å²) in [7, 11) is 0. The van der Waals surface area contributed by atoms with Crippen molar-refractivity contribution in [2.75, 3.05) is 6.61 Å². The molecular formula is C24H27NO6. The van der Waals surface area contributed by atoms with E-state index in [0.29, 0.717) is 0 Å². The Morgan fingerprint density at radius 1 is 1.03 bits per heavy atom. The molecule has 1 unspecified atom stereocenters. The third-order valence-corrected chi connectivity index (χ3v) is 5.51. The van der Waals surface area contributed by atoms with Crippen molar-refractivity contribution in [2.24, 2.45) is 0 Å². The molecule has 7 heteroatoms.